The van der Waals surface area contributed by atoms with Crippen molar-refractivity contribution in [2.75, 3.05) is 52.4 Å². The molecule has 43 heavy (non-hydrogen) atoms. The summed E-state index contributed by atoms with van der Waals surface area (Å²) < 4.78 is 0. The van der Waals surface area contributed by atoms with Gasteiger partial charge in [-0.1, -0.05) is 103 Å². The quantitative estimate of drug-likeness (QED) is 0.0336. The van der Waals surface area contributed by atoms with Crippen LogP contribution in [0.15, 0.2) is 4.99 Å². The molecule has 2 amide bonds. The lowest BCUT2D eigenvalue weighted by molar-refractivity contribution is 0.148. The van der Waals surface area contributed by atoms with E-state index >= 15 is 0 Å². The summed E-state index contributed by atoms with van der Waals surface area (Å²) in [6.45, 7) is 6.60. The van der Waals surface area contributed by atoms with E-state index < -0.39 is 0 Å². The number of hydrogen-bond acceptors (Lipinski definition) is 5. The minimum absolute atomic E-state index is 0.180. The molecule has 256 valence electrons. The predicted octanol–water partition coefficient (Wildman–Crippen LogP) is 6.22. The summed E-state index contributed by atoms with van der Waals surface area (Å²) in [6, 6.07) is 0.270. The topological polar surface area (TPSA) is 166 Å². The molecule has 0 aromatic rings. The summed E-state index contributed by atoms with van der Waals surface area (Å²) in [6.07, 6.45) is 28.2. The normalized spacial score (nSPS) is 11.1. The molecule has 0 bridgehead atoms. The number of carbonyl (C=O) groups is 1. The van der Waals surface area contributed by atoms with Crippen molar-refractivity contribution in [3.63, 3.8) is 0 Å². The Bertz CT molecular complexity index is 597. The molecular weight excluding hydrogens is 536 g/mol. The third-order valence-corrected chi connectivity index (χ3v) is 8.32. The van der Waals surface area contributed by atoms with Crippen LogP contribution >= 0.6 is 0 Å². The Balaban J connectivity index is 4.88. The van der Waals surface area contributed by atoms with Gasteiger partial charge in [-0.15, -0.1) is 0 Å². The van der Waals surface area contributed by atoms with E-state index in [1.54, 1.807) is 0 Å². The first-order valence-corrected chi connectivity index (χ1v) is 18.3. The zero-order chi connectivity index (χ0) is 31.6. The minimum atomic E-state index is 0.180. The van der Waals surface area contributed by atoms with E-state index in [1.165, 1.54) is 89.9 Å². The molecule has 0 radical (unpaired) electrons. The summed E-state index contributed by atoms with van der Waals surface area (Å²) in [5, 5.41) is 0. The van der Waals surface area contributed by atoms with Crippen LogP contribution in [0.2, 0.25) is 0 Å². The molecule has 9 heteroatoms. The van der Waals surface area contributed by atoms with Crippen molar-refractivity contribution in [2.24, 2.45) is 33.7 Å². The molecule has 0 heterocycles. The lowest BCUT2D eigenvalue weighted by Crippen LogP contribution is -2.45. The summed E-state index contributed by atoms with van der Waals surface area (Å²) in [5.74, 6) is 0.180. The standard InChI is InChI=1S/C34H74N8O/c35-25-17-9-1-5-13-21-29-41(30-22-14-6-2-10-18-26-36)34(43)42(31-23-15-7-3-11-19-27-37)32-24-16-8-4-12-20-28-40-33(38)39/h1-32,35-37H2,(H4,38,39,40). The Hall–Kier alpha value is -1.58. The molecule has 0 saturated carbocycles. The maximum absolute atomic E-state index is 13.9. The molecule has 0 rings (SSSR count). The smallest absolute Gasteiger partial charge is 0.319 e. The fourth-order valence-corrected chi connectivity index (χ4v) is 5.60. The van der Waals surface area contributed by atoms with E-state index in [4.69, 9.17) is 28.7 Å². The minimum Gasteiger partial charge on any atom is -0.370 e. The molecule has 0 spiro atoms. The molecule has 0 aliphatic carbocycles. The lowest BCUT2D eigenvalue weighted by Gasteiger charge is -2.31. The lowest BCUT2D eigenvalue weighted by atomic mass is 10.1. The van der Waals surface area contributed by atoms with Crippen molar-refractivity contribution in [1.29, 1.82) is 0 Å². The maximum Gasteiger partial charge on any atom is 0.319 e. The van der Waals surface area contributed by atoms with Crippen LogP contribution in [0.1, 0.15) is 154 Å². The first-order valence-electron chi connectivity index (χ1n) is 18.3. The second kappa shape index (κ2) is 33.3. The van der Waals surface area contributed by atoms with Crippen LogP contribution in [0.5, 0.6) is 0 Å². The van der Waals surface area contributed by atoms with E-state index in [1.807, 2.05) is 0 Å². The number of hydrogen-bond donors (Lipinski definition) is 5. The van der Waals surface area contributed by atoms with Crippen molar-refractivity contribution >= 4 is 12.0 Å². The van der Waals surface area contributed by atoms with E-state index in [9.17, 15) is 4.79 Å². The number of urea groups is 1. The molecule has 9 nitrogen and oxygen atoms in total. The van der Waals surface area contributed by atoms with Gasteiger partial charge in [0.05, 0.1) is 0 Å². The van der Waals surface area contributed by atoms with Crippen LogP contribution in [0.4, 0.5) is 4.79 Å². The van der Waals surface area contributed by atoms with Gasteiger partial charge in [0, 0.05) is 32.7 Å². The summed E-state index contributed by atoms with van der Waals surface area (Å²) in [4.78, 5) is 22.4. The number of nitrogens with zero attached hydrogens (tertiary/aromatic N) is 3. The van der Waals surface area contributed by atoms with Crippen molar-refractivity contribution in [1.82, 2.24) is 9.80 Å². The number of carbonyl (C=O) groups excluding carboxylic acids is 1. The molecule has 0 atom stereocenters. The fraction of sp³-hybridized carbons (Fsp3) is 0.941. The highest BCUT2D eigenvalue weighted by Gasteiger charge is 2.20. The van der Waals surface area contributed by atoms with Gasteiger partial charge < -0.3 is 38.5 Å². The zero-order valence-corrected chi connectivity index (χ0v) is 28.3. The van der Waals surface area contributed by atoms with Gasteiger partial charge in [0.1, 0.15) is 0 Å². The van der Waals surface area contributed by atoms with Crippen LogP contribution in [0, 0.1) is 0 Å². The number of guanidine groups is 1. The molecule has 0 aromatic carbocycles. The van der Waals surface area contributed by atoms with Crippen LogP contribution < -0.4 is 28.7 Å². The van der Waals surface area contributed by atoms with Crippen LogP contribution in [-0.4, -0.2) is 74.1 Å². The molecule has 10 N–H and O–H groups in total. The van der Waals surface area contributed by atoms with Crippen LogP contribution in [0.25, 0.3) is 0 Å². The second-order valence-electron chi connectivity index (χ2n) is 12.4. The van der Waals surface area contributed by atoms with Crippen LogP contribution in [0.3, 0.4) is 0 Å². The van der Waals surface area contributed by atoms with Gasteiger partial charge in [0.15, 0.2) is 5.96 Å². The number of rotatable bonds is 33. The summed E-state index contributed by atoms with van der Waals surface area (Å²) in [7, 11) is 0. The molecular formula is C34H74N8O. The van der Waals surface area contributed by atoms with Crippen molar-refractivity contribution in [2.45, 2.75) is 154 Å². The molecule has 0 unspecified atom stereocenters. The molecule has 0 aliphatic rings. The zero-order valence-electron chi connectivity index (χ0n) is 28.3. The van der Waals surface area contributed by atoms with Crippen molar-refractivity contribution in [3.8, 4) is 0 Å². The molecule has 0 aromatic heterocycles. The van der Waals surface area contributed by atoms with Gasteiger partial charge in [-0.2, -0.15) is 0 Å². The van der Waals surface area contributed by atoms with Gasteiger partial charge in [-0.3, -0.25) is 4.99 Å². The largest absolute Gasteiger partial charge is 0.370 e. The van der Waals surface area contributed by atoms with E-state index in [-0.39, 0.29) is 12.0 Å². The Morgan fingerprint density at radius 3 is 0.930 bits per heavy atom. The first-order chi connectivity index (χ1) is 21.1. The van der Waals surface area contributed by atoms with Gasteiger partial charge in [0.2, 0.25) is 0 Å². The maximum atomic E-state index is 13.9. The Morgan fingerprint density at radius 1 is 0.395 bits per heavy atom. The highest BCUT2D eigenvalue weighted by Crippen LogP contribution is 2.14. The van der Waals surface area contributed by atoms with Gasteiger partial charge >= 0.3 is 6.03 Å². The fourth-order valence-electron chi connectivity index (χ4n) is 5.60. The number of aliphatic imine (C=N–C) groups is 1. The Morgan fingerprint density at radius 2 is 0.651 bits per heavy atom. The average molecular weight is 611 g/mol. The average Bonchev–Trinajstić information content (AvgIpc) is 3.00. The van der Waals surface area contributed by atoms with Crippen molar-refractivity contribution in [3.05, 3.63) is 0 Å². The van der Waals surface area contributed by atoms with Crippen LogP contribution in [-0.2, 0) is 0 Å². The SMILES string of the molecule is NCCCCCCCCN(CCCCCCCCN)C(=O)N(CCCCCCCCN)CCCCCCCCN=C(N)N. The summed E-state index contributed by atoms with van der Waals surface area (Å²) in [5.41, 5.74) is 27.8. The number of amides is 2. The van der Waals surface area contributed by atoms with Gasteiger partial charge in [0.25, 0.3) is 0 Å². The van der Waals surface area contributed by atoms with Gasteiger partial charge in [-0.25, -0.2) is 4.79 Å². The highest BCUT2D eigenvalue weighted by molar-refractivity contribution is 5.75. The third-order valence-electron chi connectivity index (χ3n) is 8.32. The second-order valence-corrected chi connectivity index (χ2v) is 12.4. The highest BCUT2D eigenvalue weighted by atomic mass is 16.2. The number of unbranched alkanes of at least 4 members (excludes halogenated alkanes) is 20. The Labute approximate surface area is 266 Å². The van der Waals surface area contributed by atoms with E-state index in [2.05, 4.69) is 14.8 Å². The van der Waals surface area contributed by atoms with E-state index in [0.29, 0.717) is 6.54 Å². The third kappa shape index (κ3) is 28.9. The first kappa shape index (κ1) is 41.4. The summed E-state index contributed by atoms with van der Waals surface area (Å²) >= 11 is 0. The number of nitrogens with two attached hydrogens (primary N) is 5. The molecule has 0 fully saturated rings. The molecule has 0 aliphatic heterocycles. The molecule has 0 saturated heterocycles. The predicted molar refractivity (Wildman–Crippen MR) is 187 cm³/mol. The Kier molecular flexibility index (Phi) is 32.1. The van der Waals surface area contributed by atoms with Crippen molar-refractivity contribution < 1.29 is 4.79 Å². The van der Waals surface area contributed by atoms with Gasteiger partial charge in [-0.05, 0) is 71.0 Å². The monoisotopic (exact) mass is 611 g/mol. The van der Waals surface area contributed by atoms with E-state index in [0.717, 1.165) is 110 Å².